The van der Waals surface area contributed by atoms with Crippen LogP contribution < -0.4 is 20.1 Å². The number of halogens is 1. The van der Waals surface area contributed by atoms with E-state index in [4.69, 9.17) is 4.74 Å². The van der Waals surface area contributed by atoms with Crippen molar-refractivity contribution in [2.45, 2.75) is 24.2 Å². The molecule has 8 nitrogen and oxygen atoms in total. The van der Waals surface area contributed by atoms with Gasteiger partial charge in [0.15, 0.2) is 0 Å². The molecule has 1 heterocycles. The number of carbonyl (C=O) groups is 2. The van der Waals surface area contributed by atoms with E-state index in [0.29, 0.717) is 18.5 Å². The number of methoxy groups -OCH3 is 1. The maximum Gasteiger partial charge on any atom is 0.262 e. The van der Waals surface area contributed by atoms with Crippen LogP contribution in [0, 0.1) is 11.7 Å². The summed E-state index contributed by atoms with van der Waals surface area (Å²) in [7, 11) is -2.63. The number of rotatable bonds is 8. The van der Waals surface area contributed by atoms with Gasteiger partial charge in [-0.15, -0.1) is 0 Å². The minimum Gasteiger partial charge on any atom is -0.495 e. The Hall–Kier alpha value is -3.92. The molecule has 0 saturated carbocycles. The third-order valence-electron chi connectivity index (χ3n) is 5.68. The Bertz CT molecular complexity index is 1360. The molecule has 0 radical (unpaired) electrons. The van der Waals surface area contributed by atoms with E-state index in [1.165, 1.54) is 19.2 Å². The van der Waals surface area contributed by atoms with Gasteiger partial charge >= 0.3 is 0 Å². The fourth-order valence-corrected chi connectivity index (χ4v) is 4.92. The number of hydrogen-bond donors (Lipinski definition) is 3. The van der Waals surface area contributed by atoms with Crippen LogP contribution >= 0.6 is 0 Å². The van der Waals surface area contributed by atoms with Crippen LogP contribution in [0.2, 0.25) is 0 Å². The molecule has 0 aromatic heterocycles. The van der Waals surface area contributed by atoms with Crippen molar-refractivity contribution >= 4 is 38.9 Å². The van der Waals surface area contributed by atoms with Crippen molar-refractivity contribution in [3.8, 4) is 5.75 Å². The number of ether oxygens (including phenoxy) is 1. The Morgan fingerprint density at radius 1 is 1.11 bits per heavy atom. The van der Waals surface area contributed by atoms with E-state index in [0.717, 1.165) is 35.5 Å². The summed E-state index contributed by atoms with van der Waals surface area (Å²) in [5.74, 6) is -1.05. The van der Waals surface area contributed by atoms with Crippen LogP contribution in [-0.4, -0.2) is 27.3 Å². The van der Waals surface area contributed by atoms with Gasteiger partial charge in [0, 0.05) is 23.7 Å². The lowest BCUT2D eigenvalue weighted by molar-refractivity contribution is -0.121. The Labute approximate surface area is 202 Å². The molecule has 1 unspecified atom stereocenters. The van der Waals surface area contributed by atoms with Crippen LogP contribution in [0.1, 0.15) is 18.4 Å². The highest BCUT2D eigenvalue weighted by Gasteiger charge is 2.26. The molecule has 4 rings (SSSR count). The molecule has 1 atom stereocenters. The average molecular weight is 498 g/mol. The summed E-state index contributed by atoms with van der Waals surface area (Å²) in [6, 6.07) is 16.5. The van der Waals surface area contributed by atoms with E-state index in [9.17, 15) is 22.4 Å². The third kappa shape index (κ3) is 5.78. The van der Waals surface area contributed by atoms with E-state index < -0.39 is 15.8 Å². The molecule has 3 N–H and O–H groups in total. The molecular formula is C25H24FN3O5S. The molecule has 35 heavy (non-hydrogen) atoms. The lowest BCUT2D eigenvalue weighted by Crippen LogP contribution is -2.30. The topological polar surface area (TPSA) is 114 Å². The van der Waals surface area contributed by atoms with Gasteiger partial charge in [0.1, 0.15) is 11.6 Å². The summed E-state index contributed by atoms with van der Waals surface area (Å²) in [5.41, 5.74) is 2.29. The maximum atomic E-state index is 13.2. The zero-order valence-electron chi connectivity index (χ0n) is 18.9. The standard InChI is InChI=1S/C25H24FN3O5S/c1-34-23-12-9-19(15-22(23)29-35(32,33)20-10-7-18(26)8-11-20)27-24(30)13-6-17-14-16-4-2-3-5-21(16)28-25(17)31/h2-5,7-12,15,17,29H,6,13-14H2,1H3,(H,27,30)(H,28,31). The normalized spacial score (nSPS) is 15.0. The first-order valence-corrected chi connectivity index (χ1v) is 12.4. The molecule has 3 aromatic rings. The molecule has 0 bridgehead atoms. The van der Waals surface area contributed by atoms with E-state index in [1.807, 2.05) is 24.3 Å². The number of fused-ring (bicyclic) bond motifs is 1. The van der Waals surface area contributed by atoms with Gasteiger partial charge in [0.2, 0.25) is 11.8 Å². The summed E-state index contributed by atoms with van der Waals surface area (Å²) in [6.07, 6.45) is 1.04. The molecule has 0 fully saturated rings. The summed E-state index contributed by atoms with van der Waals surface area (Å²) < 4.78 is 46.2. The van der Waals surface area contributed by atoms with Gasteiger partial charge in [-0.1, -0.05) is 18.2 Å². The Balaban J connectivity index is 1.41. The van der Waals surface area contributed by atoms with E-state index in [1.54, 1.807) is 6.07 Å². The van der Waals surface area contributed by atoms with Crippen LogP contribution in [0.15, 0.2) is 71.6 Å². The molecule has 0 spiro atoms. The number of hydrogen-bond acceptors (Lipinski definition) is 5. The number of carbonyl (C=O) groups excluding carboxylic acids is 2. The van der Waals surface area contributed by atoms with Crippen molar-refractivity contribution < 1.29 is 27.1 Å². The highest BCUT2D eigenvalue weighted by molar-refractivity contribution is 7.92. The predicted octanol–water partition coefficient (Wildman–Crippen LogP) is 4.16. The van der Waals surface area contributed by atoms with Crippen molar-refractivity contribution in [2.24, 2.45) is 5.92 Å². The quantitative estimate of drug-likeness (QED) is 0.432. The minimum absolute atomic E-state index is 0.109. The molecule has 2 amide bonds. The molecular weight excluding hydrogens is 473 g/mol. The first kappa shape index (κ1) is 24.2. The highest BCUT2D eigenvalue weighted by atomic mass is 32.2. The van der Waals surface area contributed by atoms with Gasteiger partial charge in [-0.25, -0.2) is 12.8 Å². The third-order valence-corrected chi connectivity index (χ3v) is 7.07. The smallest absolute Gasteiger partial charge is 0.262 e. The first-order valence-electron chi connectivity index (χ1n) is 10.9. The zero-order chi connectivity index (χ0) is 25.0. The number of sulfonamides is 1. The summed E-state index contributed by atoms with van der Waals surface area (Å²) in [5, 5.41) is 5.60. The molecule has 0 saturated heterocycles. The largest absolute Gasteiger partial charge is 0.495 e. The van der Waals surface area contributed by atoms with E-state index in [-0.39, 0.29) is 40.5 Å². The van der Waals surface area contributed by atoms with Gasteiger partial charge in [-0.3, -0.25) is 14.3 Å². The SMILES string of the molecule is COc1ccc(NC(=O)CCC2Cc3ccccc3NC2=O)cc1NS(=O)(=O)c1ccc(F)cc1. The second-order valence-electron chi connectivity index (χ2n) is 8.11. The lowest BCUT2D eigenvalue weighted by Gasteiger charge is -2.24. The van der Waals surface area contributed by atoms with Crippen molar-refractivity contribution in [1.29, 1.82) is 0 Å². The van der Waals surface area contributed by atoms with Crippen LogP contribution in [-0.2, 0) is 26.0 Å². The lowest BCUT2D eigenvalue weighted by atomic mass is 9.89. The second-order valence-corrected chi connectivity index (χ2v) is 9.79. The molecule has 10 heteroatoms. The summed E-state index contributed by atoms with van der Waals surface area (Å²) in [4.78, 5) is 24.8. The van der Waals surface area contributed by atoms with Gasteiger partial charge in [0.25, 0.3) is 10.0 Å². The fourth-order valence-electron chi connectivity index (χ4n) is 3.86. The number of anilines is 3. The van der Waals surface area contributed by atoms with Gasteiger partial charge in [-0.2, -0.15) is 0 Å². The first-order chi connectivity index (χ1) is 16.7. The average Bonchev–Trinajstić information content (AvgIpc) is 2.83. The number of benzene rings is 3. The monoisotopic (exact) mass is 497 g/mol. The predicted molar refractivity (Wildman–Crippen MR) is 130 cm³/mol. The molecule has 1 aliphatic heterocycles. The molecule has 3 aromatic carbocycles. The molecule has 0 aliphatic carbocycles. The van der Waals surface area contributed by atoms with Gasteiger partial charge in [-0.05, 0) is 66.9 Å². The fraction of sp³-hybridized carbons (Fsp3) is 0.200. The molecule has 182 valence electrons. The van der Waals surface area contributed by atoms with Gasteiger partial charge < -0.3 is 15.4 Å². The summed E-state index contributed by atoms with van der Waals surface area (Å²) in [6.45, 7) is 0. The summed E-state index contributed by atoms with van der Waals surface area (Å²) >= 11 is 0. The van der Waals surface area contributed by atoms with Crippen molar-refractivity contribution in [1.82, 2.24) is 0 Å². The van der Waals surface area contributed by atoms with E-state index >= 15 is 0 Å². The van der Waals surface area contributed by atoms with Crippen LogP contribution in [0.25, 0.3) is 0 Å². The Morgan fingerprint density at radius 2 is 1.86 bits per heavy atom. The Kier molecular flexibility index (Phi) is 7.02. The number of nitrogens with one attached hydrogen (secondary N) is 3. The van der Waals surface area contributed by atoms with Crippen LogP contribution in [0.3, 0.4) is 0 Å². The Morgan fingerprint density at radius 3 is 2.60 bits per heavy atom. The van der Waals surface area contributed by atoms with Crippen LogP contribution in [0.4, 0.5) is 21.5 Å². The number of amides is 2. The highest BCUT2D eigenvalue weighted by Crippen LogP contribution is 2.31. The van der Waals surface area contributed by atoms with Crippen molar-refractivity contribution in [3.05, 3.63) is 78.1 Å². The molecule has 1 aliphatic rings. The van der Waals surface area contributed by atoms with E-state index in [2.05, 4.69) is 15.4 Å². The second kappa shape index (κ2) is 10.1. The van der Waals surface area contributed by atoms with Gasteiger partial charge in [0.05, 0.1) is 17.7 Å². The number of para-hydroxylation sites is 1. The zero-order valence-corrected chi connectivity index (χ0v) is 19.7. The minimum atomic E-state index is -4.02. The maximum absolute atomic E-state index is 13.2. The van der Waals surface area contributed by atoms with Crippen molar-refractivity contribution in [3.63, 3.8) is 0 Å². The van der Waals surface area contributed by atoms with Crippen LogP contribution in [0.5, 0.6) is 5.75 Å². The van der Waals surface area contributed by atoms with Crippen molar-refractivity contribution in [2.75, 3.05) is 22.5 Å².